The number of nitrogens with one attached hydrogen (secondary N) is 1. The number of hydrogen-bond donors (Lipinski definition) is 1. The van der Waals surface area contributed by atoms with E-state index in [1.165, 1.54) is 22.3 Å². The lowest BCUT2D eigenvalue weighted by atomic mass is 10.00. The van der Waals surface area contributed by atoms with Gasteiger partial charge in [-0.3, -0.25) is 0 Å². The maximum Gasteiger partial charge on any atom is 0.0823 e. The van der Waals surface area contributed by atoms with Crippen LogP contribution in [0, 0.1) is 20.8 Å². The van der Waals surface area contributed by atoms with Crippen molar-refractivity contribution in [3.05, 3.63) is 62.6 Å². The predicted octanol–water partition coefficient (Wildman–Crippen LogP) is 5.53. The number of aryl methyl sites for hydroxylation is 3. The molecule has 1 N–H and O–H groups in total. The molecule has 0 heterocycles. The Morgan fingerprint density at radius 1 is 1.00 bits per heavy atom. The second-order valence-corrected chi connectivity index (χ2v) is 5.62. The van der Waals surface area contributed by atoms with E-state index in [1.54, 1.807) is 6.07 Å². The number of hydrogen-bond acceptors (Lipinski definition) is 1. The minimum atomic E-state index is 0.573. The SMILES string of the molecule is Cc1cc(C)c(CNc2cccc(Cl)c2Cl)c(C)c1. The molecule has 0 bridgehead atoms. The first-order valence-corrected chi connectivity index (χ1v) is 6.99. The van der Waals surface area contributed by atoms with Gasteiger partial charge < -0.3 is 5.32 Å². The van der Waals surface area contributed by atoms with Gasteiger partial charge in [0.15, 0.2) is 0 Å². The van der Waals surface area contributed by atoms with Crippen molar-refractivity contribution in [3.63, 3.8) is 0 Å². The average Bonchev–Trinajstić information content (AvgIpc) is 2.33. The van der Waals surface area contributed by atoms with Crippen molar-refractivity contribution >= 4 is 28.9 Å². The summed E-state index contributed by atoms with van der Waals surface area (Å²) in [5, 5.41) is 4.50. The normalized spacial score (nSPS) is 10.6. The largest absolute Gasteiger partial charge is 0.380 e. The first kappa shape index (κ1) is 14.2. The van der Waals surface area contributed by atoms with E-state index in [4.69, 9.17) is 23.2 Å². The van der Waals surface area contributed by atoms with Crippen molar-refractivity contribution in [1.82, 2.24) is 0 Å². The lowest BCUT2D eigenvalue weighted by Crippen LogP contribution is -2.04. The Morgan fingerprint density at radius 3 is 2.26 bits per heavy atom. The zero-order valence-electron chi connectivity index (χ0n) is 11.3. The first-order chi connectivity index (χ1) is 8.99. The molecule has 0 spiro atoms. The van der Waals surface area contributed by atoms with Crippen LogP contribution in [0.25, 0.3) is 0 Å². The van der Waals surface area contributed by atoms with Crippen molar-refractivity contribution in [2.45, 2.75) is 27.3 Å². The summed E-state index contributed by atoms with van der Waals surface area (Å²) in [6.45, 7) is 7.14. The van der Waals surface area contributed by atoms with Gasteiger partial charge in [-0.05, 0) is 49.6 Å². The van der Waals surface area contributed by atoms with Gasteiger partial charge >= 0.3 is 0 Å². The van der Waals surface area contributed by atoms with Crippen molar-refractivity contribution in [3.8, 4) is 0 Å². The van der Waals surface area contributed by atoms with Crippen LogP contribution in [0.15, 0.2) is 30.3 Å². The fourth-order valence-electron chi connectivity index (χ4n) is 2.31. The lowest BCUT2D eigenvalue weighted by molar-refractivity contribution is 1.08. The maximum absolute atomic E-state index is 6.17. The van der Waals surface area contributed by atoms with Crippen molar-refractivity contribution < 1.29 is 0 Å². The van der Waals surface area contributed by atoms with Crippen molar-refractivity contribution in [2.24, 2.45) is 0 Å². The molecule has 19 heavy (non-hydrogen) atoms. The van der Waals surface area contributed by atoms with Gasteiger partial charge in [0.05, 0.1) is 15.7 Å². The van der Waals surface area contributed by atoms with Gasteiger partial charge in [0, 0.05) is 6.54 Å². The van der Waals surface area contributed by atoms with Crippen LogP contribution in [0.3, 0.4) is 0 Å². The topological polar surface area (TPSA) is 12.0 Å². The second-order valence-electron chi connectivity index (χ2n) is 4.83. The van der Waals surface area contributed by atoms with Crippen LogP contribution in [-0.4, -0.2) is 0 Å². The molecule has 0 radical (unpaired) electrons. The number of halogens is 2. The minimum Gasteiger partial charge on any atom is -0.380 e. The molecular weight excluding hydrogens is 277 g/mol. The van der Waals surface area contributed by atoms with Gasteiger partial charge in [-0.15, -0.1) is 0 Å². The summed E-state index contributed by atoms with van der Waals surface area (Å²) in [6, 6.07) is 10.0. The smallest absolute Gasteiger partial charge is 0.0823 e. The Kier molecular flexibility index (Phi) is 4.38. The molecule has 100 valence electrons. The summed E-state index contributed by atoms with van der Waals surface area (Å²) in [5.41, 5.74) is 6.06. The van der Waals surface area contributed by atoms with Gasteiger partial charge in [0.2, 0.25) is 0 Å². The standard InChI is InChI=1S/C16H17Cl2N/c1-10-7-11(2)13(12(3)8-10)9-19-15-6-4-5-14(17)16(15)18/h4-8,19H,9H2,1-3H3. The maximum atomic E-state index is 6.17. The molecule has 0 amide bonds. The van der Waals surface area contributed by atoms with Gasteiger partial charge in [-0.2, -0.15) is 0 Å². The van der Waals surface area contributed by atoms with Crippen LogP contribution >= 0.6 is 23.2 Å². The molecule has 1 nitrogen and oxygen atoms in total. The molecule has 2 rings (SSSR count). The fourth-order valence-corrected chi connectivity index (χ4v) is 2.68. The Morgan fingerprint density at radius 2 is 1.63 bits per heavy atom. The van der Waals surface area contributed by atoms with E-state index in [0.29, 0.717) is 10.0 Å². The highest BCUT2D eigenvalue weighted by Gasteiger charge is 2.07. The Bertz CT molecular complexity index is 583. The monoisotopic (exact) mass is 293 g/mol. The summed E-state index contributed by atoms with van der Waals surface area (Å²) in [4.78, 5) is 0. The van der Waals surface area contributed by atoms with Gasteiger partial charge in [0.25, 0.3) is 0 Å². The minimum absolute atomic E-state index is 0.573. The zero-order valence-corrected chi connectivity index (χ0v) is 12.9. The van der Waals surface area contributed by atoms with Crippen LogP contribution in [-0.2, 0) is 6.54 Å². The second kappa shape index (κ2) is 5.85. The van der Waals surface area contributed by atoms with E-state index < -0.39 is 0 Å². The molecule has 2 aromatic carbocycles. The summed E-state index contributed by atoms with van der Waals surface area (Å²) in [6.07, 6.45) is 0. The van der Waals surface area contributed by atoms with Crippen molar-refractivity contribution in [2.75, 3.05) is 5.32 Å². The third-order valence-electron chi connectivity index (χ3n) is 3.25. The summed E-state index contributed by atoms with van der Waals surface area (Å²) < 4.78 is 0. The third-order valence-corrected chi connectivity index (χ3v) is 4.07. The molecule has 0 unspecified atom stereocenters. The third kappa shape index (κ3) is 3.23. The summed E-state index contributed by atoms with van der Waals surface area (Å²) in [7, 11) is 0. The summed E-state index contributed by atoms with van der Waals surface area (Å²) in [5.74, 6) is 0. The zero-order chi connectivity index (χ0) is 14.0. The van der Waals surface area contributed by atoms with E-state index >= 15 is 0 Å². The van der Waals surface area contributed by atoms with Gasteiger partial charge in [0.1, 0.15) is 0 Å². The number of rotatable bonds is 3. The Hall–Kier alpha value is -1.18. The highest BCUT2D eigenvalue weighted by atomic mass is 35.5. The highest BCUT2D eigenvalue weighted by molar-refractivity contribution is 6.43. The molecule has 0 aliphatic carbocycles. The van der Waals surface area contributed by atoms with E-state index in [2.05, 4.69) is 38.2 Å². The molecule has 0 aliphatic rings. The van der Waals surface area contributed by atoms with Crippen LogP contribution in [0.5, 0.6) is 0 Å². The molecule has 0 atom stereocenters. The van der Waals surface area contributed by atoms with Crippen LogP contribution in [0.4, 0.5) is 5.69 Å². The van der Waals surface area contributed by atoms with E-state index in [9.17, 15) is 0 Å². The highest BCUT2D eigenvalue weighted by Crippen LogP contribution is 2.30. The first-order valence-electron chi connectivity index (χ1n) is 6.23. The van der Waals surface area contributed by atoms with E-state index in [0.717, 1.165) is 12.2 Å². The van der Waals surface area contributed by atoms with Crippen LogP contribution in [0.2, 0.25) is 10.0 Å². The van der Waals surface area contributed by atoms with E-state index in [1.807, 2.05) is 12.1 Å². The molecule has 3 heteroatoms. The molecule has 2 aromatic rings. The molecule has 0 aromatic heterocycles. The molecular formula is C16H17Cl2N. The van der Waals surface area contributed by atoms with Crippen molar-refractivity contribution in [1.29, 1.82) is 0 Å². The van der Waals surface area contributed by atoms with Crippen LogP contribution in [0.1, 0.15) is 22.3 Å². The van der Waals surface area contributed by atoms with Gasteiger partial charge in [-0.25, -0.2) is 0 Å². The quantitative estimate of drug-likeness (QED) is 0.784. The Labute approximate surface area is 124 Å². The van der Waals surface area contributed by atoms with E-state index in [-0.39, 0.29) is 0 Å². The molecule has 0 fully saturated rings. The molecule has 0 saturated carbocycles. The summed E-state index contributed by atoms with van der Waals surface area (Å²) >= 11 is 12.2. The average molecular weight is 294 g/mol. The number of benzene rings is 2. The predicted molar refractivity (Wildman–Crippen MR) is 84.4 cm³/mol. The van der Waals surface area contributed by atoms with Crippen LogP contribution < -0.4 is 5.32 Å². The molecule has 0 aliphatic heterocycles. The fraction of sp³-hybridized carbons (Fsp3) is 0.250. The molecule has 0 saturated heterocycles. The Balaban J connectivity index is 2.22. The van der Waals surface area contributed by atoms with Gasteiger partial charge in [-0.1, -0.05) is 47.0 Å². The lowest BCUT2D eigenvalue weighted by Gasteiger charge is -2.14. The number of anilines is 1.